The van der Waals surface area contributed by atoms with Crippen LogP contribution < -0.4 is 19.9 Å². The predicted molar refractivity (Wildman–Crippen MR) is 176 cm³/mol. The van der Waals surface area contributed by atoms with Gasteiger partial charge in [0.15, 0.2) is 17.8 Å². The standard InChI is InChI=1S/C34H48N4O10S/c1-34(2,15-9-16-35-32(40)36(3)4)21-37(49(43,44)29-13-8-12-28-30(29)48-22-47-28)19-27(39)25(18-23-10-6-5-7-11-23)38(33(41)42)26-20-46-31-24(26)14-17-45-31/h5-8,10-13,24-27,31,39H,9,14-22H2,1-4H3,(H,35,40)(H,41,42)/p-1/t24-,25-,26-,27+,31+/m0/s1. The minimum absolute atomic E-state index is 0.0208. The van der Waals surface area contributed by atoms with Crippen molar-refractivity contribution in [2.75, 3.05) is 53.7 Å². The van der Waals surface area contributed by atoms with Crippen molar-refractivity contribution in [1.29, 1.82) is 0 Å². The fourth-order valence-electron chi connectivity index (χ4n) is 6.82. The van der Waals surface area contributed by atoms with Crippen molar-refractivity contribution in [2.24, 2.45) is 11.3 Å². The summed E-state index contributed by atoms with van der Waals surface area (Å²) < 4.78 is 52.7. The number of carboxylic acid groups (broad SMARTS) is 1. The van der Waals surface area contributed by atoms with Crippen LogP contribution in [0.3, 0.4) is 0 Å². The molecule has 15 heteroatoms. The molecule has 270 valence electrons. The summed E-state index contributed by atoms with van der Waals surface area (Å²) >= 11 is 0. The normalized spacial score (nSPS) is 21.3. The predicted octanol–water partition coefficient (Wildman–Crippen LogP) is 1.86. The van der Waals surface area contributed by atoms with E-state index < -0.39 is 52.6 Å². The number of urea groups is 1. The third kappa shape index (κ3) is 8.58. The first-order valence-electron chi connectivity index (χ1n) is 16.6. The van der Waals surface area contributed by atoms with Crippen LogP contribution in [-0.4, -0.2) is 118 Å². The Hall–Kier alpha value is -3.63. The number of aliphatic hydroxyl groups excluding tert-OH is 1. The summed E-state index contributed by atoms with van der Waals surface area (Å²) in [5.41, 5.74) is 0.138. The van der Waals surface area contributed by atoms with Gasteiger partial charge in [0, 0.05) is 39.6 Å². The number of carbonyl (C=O) groups excluding carboxylic acids is 2. The second-order valence-electron chi connectivity index (χ2n) is 13.8. The van der Waals surface area contributed by atoms with E-state index in [-0.39, 0.29) is 54.7 Å². The monoisotopic (exact) mass is 703 g/mol. The summed E-state index contributed by atoms with van der Waals surface area (Å²) in [6, 6.07) is 11.8. The van der Waals surface area contributed by atoms with Crippen molar-refractivity contribution in [2.45, 2.75) is 68.9 Å². The molecule has 14 nitrogen and oxygen atoms in total. The third-order valence-corrected chi connectivity index (χ3v) is 11.2. The molecule has 0 aliphatic carbocycles. The highest BCUT2D eigenvalue weighted by atomic mass is 32.2. The molecule has 2 aromatic rings. The number of carbonyl (C=O) groups is 2. The van der Waals surface area contributed by atoms with E-state index in [9.17, 15) is 28.2 Å². The van der Waals surface area contributed by atoms with Gasteiger partial charge in [-0.2, -0.15) is 4.31 Å². The first-order chi connectivity index (χ1) is 23.3. The number of sulfonamides is 1. The minimum Gasteiger partial charge on any atom is -0.530 e. The van der Waals surface area contributed by atoms with Gasteiger partial charge in [0.2, 0.25) is 16.8 Å². The Morgan fingerprint density at radius 1 is 1.08 bits per heavy atom. The van der Waals surface area contributed by atoms with Gasteiger partial charge in [-0.05, 0) is 48.8 Å². The molecule has 3 aliphatic rings. The van der Waals surface area contributed by atoms with Gasteiger partial charge in [-0.1, -0.05) is 50.2 Å². The molecule has 0 bridgehead atoms. The van der Waals surface area contributed by atoms with Gasteiger partial charge in [-0.3, -0.25) is 0 Å². The topological polar surface area (TPSA) is 170 Å². The number of aliphatic hydroxyl groups is 1. The van der Waals surface area contributed by atoms with Crippen LogP contribution in [0.4, 0.5) is 9.59 Å². The molecule has 3 aliphatic heterocycles. The van der Waals surface area contributed by atoms with Gasteiger partial charge in [0.05, 0.1) is 31.4 Å². The van der Waals surface area contributed by atoms with Crippen LogP contribution in [-0.2, 0) is 25.9 Å². The van der Waals surface area contributed by atoms with Crippen LogP contribution >= 0.6 is 0 Å². The van der Waals surface area contributed by atoms with Gasteiger partial charge in [0.1, 0.15) is 11.0 Å². The van der Waals surface area contributed by atoms with E-state index in [0.717, 1.165) is 10.5 Å². The summed E-state index contributed by atoms with van der Waals surface area (Å²) in [5, 5.41) is 27.8. The Labute approximate surface area is 287 Å². The highest BCUT2D eigenvalue weighted by Crippen LogP contribution is 2.41. The number of hydrogen-bond acceptors (Lipinski definition) is 10. The van der Waals surface area contributed by atoms with Crippen LogP contribution in [0.5, 0.6) is 11.5 Å². The lowest BCUT2D eigenvalue weighted by molar-refractivity contribution is -0.273. The summed E-state index contributed by atoms with van der Waals surface area (Å²) in [7, 11) is -1.03. The number of nitrogens with one attached hydrogen (secondary N) is 1. The number of benzene rings is 2. The maximum absolute atomic E-state index is 14.5. The SMILES string of the molecule is CN(C)C(=O)NCCCC(C)(C)CN(C[C@@H](O)[C@H](Cc1ccccc1)N(C(=O)[O-])[C@H]1CO[C@H]2OCC[C@H]21)S(=O)(=O)c1cccc2c1OCO2. The van der Waals surface area contributed by atoms with E-state index in [2.05, 4.69) is 5.32 Å². The molecule has 5 rings (SSSR count). The first kappa shape index (κ1) is 36.6. The number of para-hydroxylation sites is 1. The molecule has 0 saturated carbocycles. The summed E-state index contributed by atoms with van der Waals surface area (Å²) in [4.78, 5) is 27.4. The van der Waals surface area contributed by atoms with Crippen molar-refractivity contribution in [3.8, 4) is 11.5 Å². The van der Waals surface area contributed by atoms with Gasteiger partial charge in [-0.25, -0.2) is 13.2 Å². The fourth-order valence-corrected chi connectivity index (χ4v) is 8.61. The lowest BCUT2D eigenvalue weighted by atomic mass is 9.87. The molecule has 0 radical (unpaired) electrons. The van der Waals surface area contributed by atoms with Gasteiger partial charge >= 0.3 is 6.03 Å². The lowest BCUT2D eigenvalue weighted by Crippen LogP contribution is -2.61. The van der Waals surface area contributed by atoms with Crippen molar-refractivity contribution >= 4 is 22.1 Å². The molecule has 0 aromatic heterocycles. The summed E-state index contributed by atoms with van der Waals surface area (Å²) in [6.07, 6.45) is -1.72. The molecule has 3 heterocycles. The maximum Gasteiger partial charge on any atom is 0.316 e. The second-order valence-corrected chi connectivity index (χ2v) is 15.7. The molecular weight excluding hydrogens is 656 g/mol. The van der Waals surface area contributed by atoms with Gasteiger partial charge in [-0.15, -0.1) is 0 Å². The number of amides is 3. The number of rotatable bonds is 15. The number of hydrogen-bond donors (Lipinski definition) is 2. The zero-order chi connectivity index (χ0) is 35.3. The van der Waals surface area contributed by atoms with E-state index >= 15 is 0 Å². The van der Waals surface area contributed by atoms with Crippen LogP contribution in [0.25, 0.3) is 0 Å². The fraction of sp³-hybridized carbons (Fsp3) is 0.588. The van der Waals surface area contributed by atoms with Crippen LogP contribution in [0.15, 0.2) is 53.4 Å². The smallest absolute Gasteiger partial charge is 0.316 e. The van der Waals surface area contributed by atoms with E-state index in [1.54, 1.807) is 26.2 Å². The molecule has 5 atom stereocenters. The largest absolute Gasteiger partial charge is 0.530 e. The van der Waals surface area contributed by atoms with Gasteiger partial charge in [0.25, 0.3) is 0 Å². The molecule has 0 spiro atoms. The summed E-state index contributed by atoms with van der Waals surface area (Å²) in [5.74, 6) is 0.120. The highest BCUT2D eigenvalue weighted by Gasteiger charge is 2.48. The Morgan fingerprint density at radius 2 is 1.84 bits per heavy atom. The quantitative estimate of drug-likeness (QED) is 0.261. The Morgan fingerprint density at radius 3 is 2.55 bits per heavy atom. The van der Waals surface area contributed by atoms with E-state index in [0.29, 0.717) is 32.4 Å². The Balaban J connectivity index is 1.46. The zero-order valence-corrected chi connectivity index (χ0v) is 29.3. The molecule has 2 fully saturated rings. The second kappa shape index (κ2) is 15.5. The van der Waals surface area contributed by atoms with Crippen LogP contribution in [0.1, 0.15) is 38.7 Å². The molecule has 2 N–H and O–H groups in total. The third-order valence-electron chi connectivity index (χ3n) is 9.35. The van der Waals surface area contributed by atoms with Crippen molar-refractivity contribution in [3.63, 3.8) is 0 Å². The zero-order valence-electron chi connectivity index (χ0n) is 28.4. The average Bonchev–Trinajstić information content (AvgIpc) is 3.81. The Kier molecular flexibility index (Phi) is 11.6. The van der Waals surface area contributed by atoms with E-state index in [1.165, 1.54) is 15.3 Å². The minimum atomic E-state index is -4.33. The number of nitrogens with zero attached hydrogens (tertiary/aromatic N) is 3. The average molecular weight is 704 g/mol. The maximum atomic E-state index is 14.5. The molecule has 3 amide bonds. The summed E-state index contributed by atoms with van der Waals surface area (Å²) in [6.45, 7) is 4.12. The highest BCUT2D eigenvalue weighted by molar-refractivity contribution is 7.89. The molecular formula is C34H47N4O10S-. The lowest BCUT2D eigenvalue weighted by Gasteiger charge is -2.43. The molecule has 49 heavy (non-hydrogen) atoms. The van der Waals surface area contributed by atoms with Crippen molar-refractivity contribution < 1.29 is 47.2 Å². The molecule has 2 saturated heterocycles. The number of ether oxygens (including phenoxy) is 4. The van der Waals surface area contributed by atoms with Crippen molar-refractivity contribution in [3.05, 3.63) is 54.1 Å². The van der Waals surface area contributed by atoms with E-state index in [1.807, 2.05) is 44.2 Å². The Bertz CT molecular complexity index is 1560. The molecule has 0 unspecified atom stereocenters. The van der Waals surface area contributed by atoms with Gasteiger partial charge < -0.3 is 49.1 Å². The van der Waals surface area contributed by atoms with E-state index in [4.69, 9.17) is 18.9 Å². The first-order valence-corrected chi connectivity index (χ1v) is 18.0. The number of fused-ring (bicyclic) bond motifs is 2. The van der Waals surface area contributed by atoms with Crippen molar-refractivity contribution in [1.82, 2.24) is 19.4 Å². The van der Waals surface area contributed by atoms with Crippen LogP contribution in [0.2, 0.25) is 0 Å². The van der Waals surface area contributed by atoms with Crippen LogP contribution in [0, 0.1) is 11.3 Å². The molecule has 2 aromatic carbocycles.